The van der Waals surface area contributed by atoms with Crippen LogP contribution in [0.4, 0.5) is 4.79 Å². The number of hydrogen-bond donors (Lipinski definition) is 0. The van der Waals surface area contributed by atoms with Crippen molar-refractivity contribution in [2.75, 3.05) is 13.1 Å². The Morgan fingerprint density at radius 1 is 1.42 bits per heavy atom. The van der Waals surface area contributed by atoms with Gasteiger partial charge in [0.25, 0.3) is 0 Å². The predicted molar refractivity (Wildman–Crippen MR) is 42.1 cm³/mol. The van der Waals surface area contributed by atoms with Crippen LogP contribution in [0.1, 0.15) is 20.8 Å². The number of hydrogen-bond acceptors (Lipinski definition) is 2. The fourth-order valence-electron chi connectivity index (χ4n) is 0.734. The minimum atomic E-state index is -0.368. The molecule has 0 N–H and O–H groups in total. The molecule has 0 bridgehead atoms. The van der Waals surface area contributed by atoms with Crippen molar-refractivity contribution in [3.63, 3.8) is 0 Å². The van der Waals surface area contributed by atoms with Gasteiger partial charge in [-0.05, 0) is 20.8 Å². The second-order valence-corrected chi connectivity index (χ2v) is 3.67. The summed E-state index contributed by atoms with van der Waals surface area (Å²) in [5.41, 5.74) is -0.368. The van der Waals surface area contributed by atoms with Crippen LogP contribution in [0.2, 0.25) is 0 Å². The summed E-state index contributed by atoms with van der Waals surface area (Å²) in [4.78, 5) is 12.8. The smallest absolute Gasteiger partial charge is 0.444 e. The zero-order valence-electron chi connectivity index (χ0n) is 8.26. The van der Waals surface area contributed by atoms with E-state index in [4.69, 9.17) is 4.74 Å². The van der Waals surface area contributed by atoms with Gasteiger partial charge in [0, 0.05) is 0 Å². The molecule has 0 aromatic rings. The van der Waals surface area contributed by atoms with Crippen LogP contribution >= 0.6 is 0 Å². The first kappa shape index (κ1) is 12.9. The van der Waals surface area contributed by atoms with E-state index in [-0.39, 0.29) is 63.1 Å². The summed E-state index contributed by atoms with van der Waals surface area (Å²) in [7, 11) is 0. The van der Waals surface area contributed by atoms with Crippen molar-refractivity contribution in [3.8, 4) is 0 Å². The maximum atomic E-state index is 11.1. The van der Waals surface area contributed by atoms with Gasteiger partial charge in [-0.2, -0.15) is 0 Å². The van der Waals surface area contributed by atoms with E-state index in [1.807, 2.05) is 27.2 Å². The van der Waals surface area contributed by atoms with Crippen LogP contribution in [0.5, 0.6) is 0 Å². The number of carbonyl (C=O) groups is 1. The van der Waals surface area contributed by atoms with Crippen molar-refractivity contribution in [2.24, 2.45) is 0 Å². The molecule has 1 amide bonds. The molecule has 1 heterocycles. The number of ether oxygens (including phenoxy) is 1. The predicted octanol–water partition coefficient (Wildman–Crippen LogP) is -1.55. The molecule has 1 aliphatic heterocycles. The molecule has 0 saturated carbocycles. The third-order valence-corrected chi connectivity index (χ3v) is 1.35. The number of likely N-dealkylation sites (tertiary alicyclic amines) is 1. The summed E-state index contributed by atoms with van der Waals surface area (Å²) in [5.74, 6) is 0. The van der Waals surface area contributed by atoms with E-state index in [1.54, 1.807) is 4.90 Å². The van der Waals surface area contributed by atoms with Gasteiger partial charge < -0.3 is 9.64 Å². The largest absolute Gasteiger partial charge is 1.00 e. The summed E-state index contributed by atoms with van der Waals surface area (Å²) in [6.45, 7) is 7.07. The summed E-state index contributed by atoms with van der Waals surface area (Å²) in [6, 6.07) is 0. The quantitative estimate of drug-likeness (QED) is 0.346. The molecule has 1 aliphatic rings. The van der Waals surface area contributed by atoms with Gasteiger partial charge in [0.2, 0.25) is 0 Å². The van der Waals surface area contributed by atoms with Gasteiger partial charge in [0.15, 0.2) is 0 Å². The van der Waals surface area contributed by atoms with E-state index in [1.165, 1.54) is 0 Å². The fraction of sp³-hybridized carbons (Fsp3) is 0.750. The number of rotatable bonds is 0. The zero-order valence-corrected chi connectivity index (χ0v) is 11.4. The van der Waals surface area contributed by atoms with Crippen molar-refractivity contribution < 1.29 is 60.9 Å². The molecule has 0 atom stereocenters. The first-order valence-electron chi connectivity index (χ1n) is 3.78. The molecular formula is C8H14KNO2. The molecule has 0 radical (unpaired) electrons. The normalized spacial score (nSPS) is 16.1. The Balaban J connectivity index is 0.00000121. The Morgan fingerprint density at radius 2 is 1.92 bits per heavy atom. The van der Waals surface area contributed by atoms with Gasteiger partial charge in [-0.1, -0.05) is 0 Å². The van der Waals surface area contributed by atoms with Crippen LogP contribution in [0.25, 0.3) is 0 Å². The Kier molecular flexibility index (Phi) is 5.33. The van der Waals surface area contributed by atoms with Crippen LogP contribution in [-0.2, 0) is 4.74 Å². The average Bonchev–Trinajstić information content (AvgIpc) is 1.50. The third-order valence-electron chi connectivity index (χ3n) is 1.35. The van der Waals surface area contributed by atoms with Crippen LogP contribution in [0.3, 0.4) is 0 Å². The van der Waals surface area contributed by atoms with Gasteiger partial charge in [0.05, 0.1) is 0 Å². The van der Waals surface area contributed by atoms with Gasteiger partial charge >= 0.3 is 57.5 Å². The Hall–Kier alpha value is 0.906. The second-order valence-electron chi connectivity index (χ2n) is 3.67. The van der Waals surface area contributed by atoms with Crippen molar-refractivity contribution in [3.05, 3.63) is 6.42 Å². The molecule has 1 saturated heterocycles. The fourth-order valence-corrected chi connectivity index (χ4v) is 0.734. The Labute approximate surface area is 116 Å². The molecule has 0 aliphatic carbocycles. The molecular weight excluding hydrogens is 181 g/mol. The monoisotopic (exact) mass is 195 g/mol. The van der Waals surface area contributed by atoms with Crippen LogP contribution in [0, 0.1) is 6.42 Å². The standard InChI is InChI=1S/C8H14NO2.K/c1-8(2,3)11-7(10)9-5-4-6-9;/h4H,5-6H2,1-3H3;/q-1;+1. The van der Waals surface area contributed by atoms with E-state index in [2.05, 4.69) is 0 Å². The molecule has 0 aromatic carbocycles. The van der Waals surface area contributed by atoms with Crippen LogP contribution in [-0.4, -0.2) is 29.7 Å². The van der Waals surface area contributed by atoms with Gasteiger partial charge in [-0.25, -0.2) is 4.79 Å². The number of amides is 1. The third kappa shape index (κ3) is 4.23. The molecule has 64 valence electrons. The minimum absolute atomic E-state index is 0. The second kappa shape index (κ2) is 4.95. The summed E-state index contributed by atoms with van der Waals surface area (Å²) >= 11 is 0. The summed E-state index contributed by atoms with van der Waals surface area (Å²) in [6.07, 6.45) is 1.82. The Bertz CT molecular complexity index is 161. The maximum absolute atomic E-state index is 11.1. The van der Waals surface area contributed by atoms with E-state index >= 15 is 0 Å². The topological polar surface area (TPSA) is 29.5 Å². The Morgan fingerprint density at radius 3 is 2.17 bits per heavy atom. The van der Waals surface area contributed by atoms with Crippen molar-refractivity contribution >= 4 is 6.09 Å². The van der Waals surface area contributed by atoms with Crippen molar-refractivity contribution in [1.29, 1.82) is 0 Å². The minimum Gasteiger partial charge on any atom is -0.444 e. The van der Waals surface area contributed by atoms with Gasteiger partial charge in [0.1, 0.15) is 5.60 Å². The van der Waals surface area contributed by atoms with E-state index in [0.29, 0.717) is 0 Å². The van der Waals surface area contributed by atoms with E-state index in [9.17, 15) is 4.79 Å². The molecule has 0 spiro atoms. The molecule has 12 heavy (non-hydrogen) atoms. The first-order valence-corrected chi connectivity index (χ1v) is 3.78. The van der Waals surface area contributed by atoms with Crippen molar-refractivity contribution in [2.45, 2.75) is 26.4 Å². The molecule has 4 heteroatoms. The van der Waals surface area contributed by atoms with Crippen LogP contribution < -0.4 is 51.4 Å². The summed E-state index contributed by atoms with van der Waals surface area (Å²) < 4.78 is 5.11. The number of nitrogens with zero attached hydrogens (tertiary/aromatic N) is 1. The van der Waals surface area contributed by atoms with Crippen molar-refractivity contribution in [1.82, 2.24) is 4.90 Å². The summed E-state index contributed by atoms with van der Waals surface area (Å²) in [5, 5.41) is 0. The molecule has 0 aromatic heterocycles. The van der Waals surface area contributed by atoms with E-state index in [0.717, 1.165) is 13.1 Å². The molecule has 1 fully saturated rings. The first-order chi connectivity index (χ1) is 4.99. The number of carbonyl (C=O) groups excluding carboxylic acids is 1. The molecule has 3 nitrogen and oxygen atoms in total. The van der Waals surface area contributed by atoms with E-state index < -0.39 is 0 Å². The van der Waals surface area contributed by atoms with Gasteiger partial charge in [-0.15, -0.1) is 13.1 Å². The van der Waals surface area contributed by atoms with Crippen LogP contribution in [0.15, 0.2) is 0 Å². The maximum Gasteiger partial charge on any atom is 1.00 e. The SMILES string of the molecule is CC(C)(C)OC(=O)N1C[CH-]C1.[K+]. The zero-order chi connectivity index (χ0) is 8.48. The molecule has 1 rings (SSSR count). The van der Waals surface area contributed by atoms with Gasteiger partial charge in [-0.3, -0.25) is 6.42 Å². The molecule has 0 unspecified atom stereocenters. The average molecular weight is 195 g/mol.